The number of rotatable bonds is 6. The Morgan fingerprint density at radius 3 is 2.83 bits per heavy atom. The number of carbonyl (C=O) groups excluding carboxylic acids is 1. The Bertz CT molecular complexity index is 395. The van der Waals surface area contributed by atoms with Gasteiger partial charge < -0.3 is 10.2 Å². The summed E-state index contributed by atoms with van der Waals surface area (Å²) >= 11 is 0. The Balaban J connectivity index is 2.54. The van der Waals surface area contributed by atoms with Crippen LogP contribution in [0.15, 0.2) is 24.3 Å². The first-order chi connectivity index (χ1) is 8.54. The maximum atomic E-state index is 13.0. The number of halogens is 1. The van der Waals surface area contributed by atoms with E-state index in [2.05, 4.69) is 5.32 Å². The van der Waals surface area contributed by atoms with Crippen LogP contribution in [0.1, 0.15) is 12.5 Å². The molecule has 100 valence electrons. The van der Waals surface area contributed by atoms with Gasteiger partial charge in [-0.15, -0.1) is 0 Å². The van der Waals surface area contributed by atoms with Gasteiger partial charge in [0.25, 0.3) is 0 Å². The third-order valence-corrected chi connectivity index (χ3v) is 2.93. The smallest absolute Gasteiger partial charge is 0.225 e. The van der Waals surface area contributed by atoms with Crippen LogP contribution in [0.2, 0.25) is 0 Å². The van der Waals surface area contributed by atoms with Crippen LogP contribution in [-0.2, 0) is 11.2 Å². The Morgan fingerprint density at radius 1 is 1.50 bits per heavy atom. The lowest BCUT2D eigenvalue weighted by molar-refractivity contribution is -0.133. The summed E-state index contributed by atoms with van der Waals surface area (Å²) in [6.45, 7) is 3.33. The maximum absolute atomic E-state index is 13.0. The van der Waals surface area contributed by atoms with Crippen LogP contribution >= 0.6 is 0 Å². The van der Waals surface area contributed by atoms with E-state index in [1.165, 1.54) is 12.1 Å². The summed E-state index contributed by atoms with van der Waals surface area (Å²) in [7, 11) is 3.65. The van der Waals surface area contributed by atoms with Crippen molar-refractivity contribution in [3.8, 4) is 0 Å². The van der Waals surface area contributed by atoms with Crippen molar-refractivity contribution in [3.63, 3.8) is 0 Å². The van der Waals surface area contributed by atoms with E-state index in [1.54, 1.807) is 18.0 Å². The van der Waals surface area contributed by atoms with Crippen molar-refractivity contribution >= 4 is 5.91 Å². The van der Waals surface area contributed by atoms with Gasteiger partial charge in [0.15, 0.2) is 0 Å². The van der Waals surface area contributed by atoms with Crippen molar-refractivity contribution in [2.75, 3.05) is 27.2 Å². The van der Waals surface area contributed by atoms with E-state index in [1.807, 2.05) is 20.0 Å². The van der Waals surface area contributed by atoms with E-state index in [4.69, 9.17) is 0 Å². The highest BCUT2D eigenvalue weighted by molar-refractivity contribution is 5.78. The number of carbonyl (C=O) groups is 1. The van der Waals surface area contributed by atoms with Crippen LogP contribution in [0.25, 0.3) is 0 Å². The van der Waals surface area contributed by atoms with Crippen LogP contribution < -0.4 is 5.32 Å². The number of benzene rings is 1. The second kappa shape index (κ2) is 7.11. The molecule has 1 rings (SSSR count). The molecule has 0 fully saturated rings. The summed E-state index contributed by atoms with van der Waals surface area (Å²) in [5, 5.41) is 3.01. The molecular weight excluding hydrogens is 231 g/mol. The molecule has 1 aromatic rings. The molecule has 4 heteroatoms. The lowest BCUT2D eigenvalue weighted by Gasteiger charge is -2.21. The van der Waals surface area contributed by atoms with E-state index in [9.17, 15) is 9.18 Å². The zero-order chi connectivity index (χ0) is 13.5. The highest BCUT2D eigenvalue weighted by Gasteiger charge is 2.17. The Morgan fingerprint density at radius 2 is 2.22 bits per heavy atom. The minimum atomic E-state index is -0.254. The Labute approximate surface area is 108 Å². The lowest BCUT2D eigenvalue weighted by atomic mass is 10.00. The van der Waals surface area contributed by atoms with Crippen LogP contribution in [0, 0.1) is 11.7 Å². The molecular formula is C14H21FN2O. The van der Waals surface area contributed by atoms with Crippen molar-refractivity contribution in [2.24, 2.45) is 5.92 Å². The molecule has 1 atom stereocenters. The number of hydrogen-bond donors (Lipinski definition) is 1. The highest BCUT2D eigenvalue weighted by atomic mass is 19.1. The summed E-state index contributed by atoms with van der Waals surface area (Å²) < 4.78 is 13.0. The summed E-state index contributed by atoms with van der Waals surface area (Å²) in [5.74, 6) is -0.293. The molecule has 1 N–H and O–H groups in total. The highest BCUT2D eigenvalue weighted by Crippen LogP contribution is 2.12. The van der Waals surface area contributed by atoms with Gasteiger partial charge >= 0.3 is 0 Å². The first kappa shape index (κ1) is 14.6. The van der Waals surface area contributed by atoms with Gasteiger partial charge in [0.05, 0.1) is 0 Å². The maximum Gasteiger partial charge on any atom is 0.225 e. The monoisotopic (exact) mass is 252 g/mol. The molecule has 1 unspecified atom stereocenters. The number of likely N-dealkylation sites (N-methyl/N-ethyl adjacent to an activating group) is 2. The molecule has 0 aliphatic carbocycles. The third-order valence-electron chi connectivity index (χ3n) is 2.93. The van der Waals surface area contributed by atoms with E-state index in [-0.39, 0.29) is 17.6 Å². The van der Waals surface area contributed by atoms with Gasteiger partial charge in [0.1, 0.15) is 5.82 Å². The van der Waals surface area contributed by atoms with Gasteiger partial charge in [-0.05, 0) is 31.2 Å². The van der Waals surface area contributed by atoms with Crippen LogP contribution in [-0.4, -0.2) is 38.0 Å². The van der Waals surface area contributed by atoms with Crippen molar-refractivity contribution in [3.05, 3.63) is 35.6 Å². The normalized spacial score (nSPS) is 12.2. The van der Waals surface area contributed by atoms with Gasteiger partial charge in [0, 0.05) is 26.1 Å². The SMILES string of the molecule is CNCCN(C)C(=O)C(C)Cc1cccc(F)c1. The van der Waals surface area contributed by atoms with Crippen LogP contribution in [0.4, 0.5) is 4.39 Å². The fourth-order valence-electron chi connectivity index (χ4n) is 1.87. The molecule has 1 aromatic carbocycles. The summed E-state index contributed by atoms with van der Waals surface area (Å²) in [6, 6.07) is 6.42. The predicted octanol–water partition coefficient (Wildman–Crippen LogP) is 1.68. The quantitative estimate of drug-likeness (QED) is 0.835. The van der Waals surface area contributed by atoms with Gasteiger partial charge in [-0.1, -0.05) is 19.1 Å². The number of hydrogen-bond acceptors (Lipinski definition) is 2. The van der Waals surface area contributed by atoms with E-state index >= 15 is 0 Å². The van der Waals surface area contributed by atoms with Crippen molar-refractivity contribution in [1.82, 2.24) is 10.2 Å². The molecule has 0 aromatic heterocycles. The first-order valence-electron chi connectivity index (χ1n) is 6.18. The average molecular weight is 252 g/mol. The predicted molar refractivity (Wildman–Crippen MR) is 70.8 cm³/mol. The van der Waals surface area contributed by atoms with Gasteiger partial charge in [0.2, 0.25) is 5.91 Å². The molecule has 3 nitrogen and oxygen atoms in total. The zero-order valence-corrected chi connectivity index (χ0v) is 11.2. The molecule has 0 bridgehead atoms. The first-order valence-corrected chi connectivity index (χ1v) is 6.18. The molecule has 0 saturated heterocycles. The number of nitrogens with one attached hydrogen (secondary N) is 1. The minimum absolute atomic E-state index is 0.0921. The number of amides is 1. The van der Waals surface area contributed by atoms with E-state index < -0.39 is 0 Å². The third kappa shape index (κ3) is 4.45. The lowest BCUT2D eigenvalue weighted by Crippen LogP contribution is -2.36. The second-order valence-corrected chi connectivity index (χ2v) is 4.60. The molecule has 0 heterocycles. The molecule has 0 radical (unpaired) electrons. The van der Waals surface area contributed by atoms with Gasteiger partial charge in [-0.3, -0.25) is 4.79 Å². The van der Waals surface area contributed by atoms with Crippen LogP contribution in [0.5, 0.6) is 0 Å². The fraction of sp³-hybridized carbons (Fsp3) is 0.500. The zero-order valence-electron chi connectivity index (χ0n) is 11.2. The van der Waals surface area contributed by atoms with Crippen molar-refractivity contribution in [1.29, 1.82) is 0 Å². The molecule has 0 saturated carbocycles. The summed E-state index contributed by atoms with van der Waals surface area (Å²) in [4.78, 5) is 13.8. The topological polar surface area (TPSA) is 32.3 Å². The molecule has 0 aliphatic rings. The van der Waals surface area contributed by atoms with Gasteiger partial charge in [-0.25, -0.2) is 4.39 Å². The molecule has 18 heavy (non-hydrogen) atoms. The molecule has 1 amide bonds. The van der Waals surface area contributed by atoms with Crippen molar-refractivity contribution in [2.45, 2.75) is 13.3 Å². The largest absolute Gasteiger partial charge is 0.344 e. The van der Waals surface area contributed by atoms with E-state index in [0.717, 1.165) is 12.1 Å². The Kier molecular flexibility index (Phi) is 5.78. The Hall–Kier alpha value is -1.42. The van der Waals surface area contributed by atoms with Crippen molar-refractivity contribution < 1.29 is 9.18 Å². The molecule has 0 spiro atoms. The van der Waals surface area contributed by atoms with Crippen LogP contribution in [0.3, 0.4) is 0 Å². The summed E-state index contributed by atoms with van der Waals surface area (Å²) in [5.41, 5.74) is 0.859. The number of nitrogens with zero attached hydrogens (tertiary/aromatic N) is 1. The second-order valence-electron chi connectivity index (χ2n) is 4.60. The fourth-order valence-corrected chi connectivity index (χ4v) is 1.87. The van der Waals surface area contributed by atoms with Gasteiger partial charge in [-0.2, -0.15) is 0 Å². The van der Waals surface area contributed by atoms with E-state index in [0.29, 0.717) is 13.0 Å². The standard InChI is InChI=1S/C14H21FN2O/c1-11(14(18)17(3)8-7-16-2)9-12-5-4-6-13(15)10-12/h4-6,10-11,16H,7-9H2,1-3H3. The summed E-state index contributed by atoms with van der Waals surface area (Å²) in [6.07, 6.45) is 0.570. The molecule has 0 aliphatic heterocycles. The minimum Gasteiger partial charge on any atom is -0.344 e. The average Bonchev–Trinajstić information content (AvgIpc) is 2.35.